The summed E-state index contributed by atoms with van der Waals surface area (Å²) in [7, 11) is -4.12. The third-order valence-corrected chi connectivity index (χ3v) is 8.10. The van der Waals surface area contributed by atoms with Crippen molar-refractivity contribution in [1.82, 2.24) is 9.99 Å². The number of aliphatic hydroxyl groups is 2. The molecule has 0 radical (unpaired) electrons. The van der Waals surface area contributed by atoms with E-state index in [9.17, 15) is 19.6 Å². The molecule has 0 bridgehead atoms. The number of thioether (sulfide) groups is 1. The maximum Gasteiger partial charge on any atom is 0.459 e. The molecule has 2 heterocycles. The van der Waals surface area contributed by atoms with Crippen LogP contribution < -0.4 is 15.3 Å². The number of esters is 1. The molecule has 3 rings (SSSR count). The molecule has 0 saturated carbocycles. The molecular formula is C21H30N5O7PS. The highest BCUT2D eigenvalue weighted by molar-refractivity contribution is 8.00. The standard InChI is InChI=1S/C21H30N5O7PS/c1-12(2)32-20(29)13(3)25-34(30,33-15-8-6-5-7-9-15)31-10-16-17(27)18(28)19(35-16)26-11-23-21(22)24-14(26)4/h5-9,11-13,16-19,27-28H,4,10H2,1-3H3,(H2,22,24)(H,25,30)/t13-,16+,17-,18?,19+,34?/m0/s1. The van der Waals surface area contributed by atoms with Crippen LogP contribution in [0.3, 0.4) is 0 Å². The summed E-state index contributed by atoms with van der Waals surface area (Å²) >= 11 is 1.16. The Morgan fingerprint density at radius 1 is 1.29 bits per heavy atom. The van der Waals surface area contributed by atoms with Crippen LogP contribution in [0.1, 0.15) is 20.8 Å². The van der Waals surface area contributed by atoms with Gasteiger partial charge in [-0.05, 0) is 32.9 Å². The fourth-order valence-corrected chi connectivity index (χ4v) is 6.29. The van der Waals surface area contributed by atoms with E-state index in [1.54, 1.807) is 44.2 Å². The molecule has 0 aliphatic carbocycles. The third kappa shape index (κ3) is 7.06. The van der Waals surface area contributed by atoms with Crippen molar-refractivity contribution in [2.24, 2.45) is 15.7 Å². The number of guanidine groups is 1. The summed E-state index contributed by atoms with van der Waals surface area (Å²) in [6, 6.07) is 7.30. The van der Waals surface area contributed by atoms with Crippen LogP contribution >= 0.6 is 19.5 Å². The maximum atomic E-state index is 13.6. The Morgan fingerprint density at radius 3 is 2.60 bits per heavy atom. The molecule has 192 valence electrons. The molecule has 1 fully saturated rings. The second kappa shape index (κ2) is 11.5. The van der Waals surface area contributed by atoms with Crippen molar-refractivity contribution in [1.29, 1.82) is 0 Å². The minimum atomic E-state index is -4.12. The quantitative estimate of drug-likeness (QED) is 0.256. The number of para-hydroxylation sites is 1. The molecule has 0 amide bonds. The number of nitrogens with one attached hydrogen (secondary N) is 1. The highest BCUT2D eigenvalue weighted by atomic mass is 32.2. The number of aliphatic hydroxyl groups excluding tert-OH is 2. The Bertz CT molecular complexity index is 1020. The first-order chi connectivity index (χ1) is 16.5. The van der Waals surface area contributed by atoms with Crippen LogP contribution in [0.5, 0.6) is 5.75 Å². The predicted molar refractivity (Wildman–Crippen MR) is 133 cm³/mol. The molecular weight excluding hydrogens is 497 g/mol. The van der Waals surface area contributed by atoms with Crippen LogP contribution in [0.15, 0.2) is 52.7 Å². The number of carbonyl (C=O) groups excluding carboxylic acids is 1. The fraction of sp³-hybridized carbons (Fsp3) is 0.476. The summed E-state index contributed by atoms with van der Waals surface area (Å²) in [6.45, 7) is 8.38. The second-order valence-electron chi connectivity index (χ2n) is 8.12. The van der Waals surface area contributed by atoms with Crippen LogP contribution in [0.25, 0.3) is 0 Å². The summed E-state index contributed by atoms with van der Waals surface area (Å²) in [6.07, 6.45) is -1.44. The zero-order chi connectivity index (χ0) is 25.8. The average molecular weight is 528 g/mol. The van der Waals surface area contributed by atoms with Crippen molar-refractivity contribution in [3.63, 3.8) is 0 Å². The molecule has 1 aromatic carbocycles. The monoisotopic (exact) mass is 527 g/mol. The van der Waals surface area contributed by atoms with Gasteiger partial charge in [0.25, 0.3) is 0 Å². The number of carbonyl (C=O) groups is 1. The number of nitrogens with zero attached hydrogens (tertiary/aromatic N) is 3. The lowest BCUT2D eigenvalue weighted by atomic mass is 10.1. The molecule has 0 spiro atoms. The summed E-state index contributed by atoms with van der Waals surface area (Å²) < 4.78 is 30.0. The van der Waals surface area contributed by atoms with Crippen molar-refractivity contribution in [2.75, 3.05) is 6.61 Å². The lowest BCUT2D eigenvalue weighted by molar-refractivity contribution is -0.149. The van der Waals surface area contributed by atoms with E-state index in [0.29, 0.717) is 0 Å². The van der Waals surface area contributed by atoms with Crippen LogP contribution in [0.4, 0.5) is 0 Å². The molecule has 2 unspecified atom stereocenters. The van der Waals surface area contributed by atoms with Crippen LogP contribution in [-0.2, 0) is 18.6 Å². The molecule has 2 aliphatic heterocycles. The van der Waals surface area contributed by atoms with Gasteiger partial charge in [0.05, 0.1) is 24.1 Å². The van der Waals surface area contributed by atoms with Gasteiger partial charge < -0.3 is 30.1 Å². The number of hydrogen-bond acceptors (Lipinski definition) is 12. The largest absolute Gasteiger partial charge is 0.462 e. The number of ether oxygens (including phenoxy) is 1. The van der Waals surface area contributed by atoms with Crippen LogP contribution in [0.2, 0.25) is 0 Å². The van der Waals surface area contributed by atoms with Crippen molar-refractivity contribution in [3.05, 3.63) is 42.7 Å². The first kappa shape index (κ1) is 27.2. The first-order valence-electron chi connectivity index (χ1n) is 10.8. The van der Waals surface area contributed by atoms with Gasteiger partial charge in [-0.15, -0.1) is 11.8 Å². The molecule has 0 aromatic heterocycles. The average Bonchev–Trinajstić information content (AvgIpc) is 3.06. The highest BCUT2D eigenvalue weighted by Gasteiger charge is 2.47. The normalized spacial score (nSPS) is 26.9. The van der Waals surface area contributed by atoms with E-state index in [-0.39, 0.29) is 30.2 Å². The van der Waals surface area contributed by atoms with Gasteiger partial charge in [0.1, 0.15) is 35.4 Å². The van der Waals surface area contributed by atoms with Gasteiger partial charge in [0, 0.05) is 0 Å². The number of nitrogens with two attached hydrogens (primary N) is 1. The molecule has 1 aromatic rings. The topological polar surface area (TPSA) is 168 Å². The zero-order valence-electron chi connectivity index (χ0n) is 19.6. The molecule has 5 N–H and O–H groups in total. The Kier molecular flexibility index (Phi) is 8.97. The van der Waals surface area contributed by atoms with Crippen LogP contribution in [-0.4, -0.2) is 75.0 Å². The fourth-order valence-electron chi connectivity index (χ4n) is 3.22. The molecule has 6 atom stereocenters. The molecule has 2 aliphatic rings. The van der Waals surface area contributed by atoms with Gasteiger partial charge >= 0.3 is 13.7 Å². The predicted octanol–water partition coefficient (Wildman–Crippen LogP) is 1.41. The van der Waals surface area contributed by atoms with Crippen molar-refractivity contribution in [2.45, 2.75) is 55.7 Å². The van der Waals surface area contributed by atoms with Crippen LogP contribution in [0, 0.1) is 0 Å². The van der Waals surface area contributed by atoms with Gasteiger partial charge in [0.2, 0.25) is 5.96 Å². The van der Waals surface area contributed by atoms with Crippen molar-refractivity contribution >= 4 is 37.8 Å². The van der Waals surface area contributed by atoms with Gasteiger partial charge in [-0.2, -0.15) is 10.1 Å². The van der Waals surface area contributed by atoms with E-state index < -0.39 is 42.6 Å². The molecule has 12 nitrogen and oxygen atoms in total. The van der Waals surface area contributed by atoms with E-state index in [4.69, 9.17) is 19.5 Å². The SMILES string of the molecule is C=C1N=C(N)N=CN1[C@@H]1S[C@H](COP(=O)(N[C@@H](C)C(=O)OC(C)C)Oc2ccccc2)[C@H](O)C1O. The summed E-state index contributed by atoms with van der Waals surface area (Å²) in [4.78, 5) is 21.6. The number of aliphatic imine (C=N–C) groups is 2. The molecule has 1 saturated heterocycles. The highest BCUT2D eigenvalue weighted by Crippen LogP contribution is 2.47. The lowest BCUT2D eigenvalue weighted by Gasteiger charge is -2.29. The van der Waals surface area contributed by atoms with Gasteiger partial charge in [-0.1, -0.05) is 24.8 Å². The number of benzene rings is 1. The van der Waals surface area contributed by atoms with Crippen molar-refractivity contribution in [3.8, 4) is 5.75 Å². The van der Waals surface area contributed by atoms with E-state index in [2.05, 4.69) is 21.7 Å². The Balaban J connectivity index is 1.71. The minimum Gasteiger partial charge on any atom is -0.462 e. The van der Waals surface area contributed by atoms with E-state index >= 15 is 0 Å². The maximum absolute atomic E-state index is 13.6. The van der Waals surface area contributed by atoms with E-state index in [0.717, 1.165) is 11.8 Å². The Labute approximate surface area is 207 Å². The van der Waals surface area contributed by atoms with Gasteiger partial charge in [-0.25, -0.2) is 9.56 Å². The second-order valence-corrected chi connectivity index (χ2v) is 11.2. The van der Waals surface area contributed by atoms with E-state index in [1.807, 2.05) is 0 Å². The Hall–Kier alpha value is -2.41. The Morgan fingerprint density at radius 2 is 1.97 bits per heavy atom. The van der Waals surface area contributed by atoms with Crippen molar-refractivity contribution < 1.29 is 33.4 Å². The smallest absolute Gasteiger partial charge is 0.459 e. The molecule has 14 heteroatoms. The van der Waals surface area contributed by atoms with Gasteiger partial charge in [0.15, 0.2) is 0 Å². The number of rotatable bonds is 10. The third-order valence-electron chi connectivity index (χ3n) is 4.90. The summed E-state index contributed by atoms with van der Waals surface area (Å²) in [5.41, 5.74) is 5.56. The summed E-state index contributed by atoms with van der Waals surface area (Å²) in [5.74, 6) is -0.102. The summed E-state index contributed by atoms with van der Waals surface area (Å²) in [5, 5.41) is 22.4. The molecule has 35 heavy (non-hydrogen) atoms. The van der Waals surface area contributed by atoms with Gasteiger partial charge in [-0.3, -0.25) is 9.32 Å². The number of hydrogen-bond donors (Lipinski definition) is 4. The minimum absolute atomic E-state index is 0.0272. The van der Waals surface area contributed by atoms with E-state index in [1.165, 1.54) is 18.2 Å². The first-order valence-corrected chi connectivity index (χ1v) is 13.3. The lowest BCUT2D eigenvalue weighted by Crippen LogP contribution is -2.43. The zero-order valence-corrected chi connectivity index (χ0v) is 21.3.